The van der Waals surface area contributed by atoms with Crippen LogP contribution in [0.3, 0.4) is 0 Å². The van der Waals surface area contributed by atoms with E-state index in [4.69, 9.17) is 0 Å². The first-order chi connectivity index (χ1) is 14.3. The average Bonchev–Trinajstić information content (AvgIpc) is 3.23. The summed E-state index contributed by atoms with van der Waals surface area (Å²) in [5.74, 6) is -0.464. The molecular formula is C21H27N3O4S2. The number of nitrogens with zero attached hydrogens (tertiary/aromatic N) is 1. The van der Waals surface area contributed by atoms with Crippen LogP contribution in [0.15, 0.2) is 46.0 Å². The molecule has 1 aromatic heterocycles. The second-order valence-corrected chi connectivity index (χ2v) is 10.2. The van der Waals surface area contributed by atoms with E-state index >= 15 is 0 Å². The summed E-state index contributed by atoms with van der Waals surface area (Å²) in [7, 11) is -3.58. The summed E-state index contributed by atoms with van der Waals surface area (Å²) in [6, 6.07) is 7.91. The highest BCUT2D eigenvalue weighted by Gasteiger charge is 2.35. The van der Waals surface area contributed by atoms with Gasteiger partial charge in [0.1, 0.15) is 0 Å². The molecule has 0 radical (unpaired) electrons. The third-order valence-corrected chi connectivity index (χ3v) is 8.07. The Bertz CT molecular complexity index is 962. The largest absolute Gasteiger partial charge is 0.351 e. The van der Waals surface area contributed by atoms with Crippen LogP contribution in [0.1, 0.15) is 49.9 Å². The highest BCUT2D eigenvalue weighted by atomic mass is 32.2. The van der Waals surface area contributed by atoms with Gasteiger partial charge in [-0.25, -0.2) is 8.42 Å². The van der Waals surface area contributed by atoms with Crippen LogP contribution < -0.4 is 10.6 Å². The van der Waals surface area contributed by atoms with Gasteiger partial charge in [-0.05, 0) is 62.4 Å². The van der Waals surface area contributed by atoms with E-state index < -0.39 is 10.0 Å². The maximum absolute atomic E-state index is 13.0. The van der Waals surface area contributed by atoms with E-state index in [0.29, 0.717) is 11.3 Å². The lowest BCUT2D eigenvalue weighted by atomic mass is 10.0. The smallest absolute Gasteiger partial charge is 0.252 e. The number of sulfonamides is 1. The van der Waals surface area contributed by atoms with Gasteiger partial charge in [-0.3, -0.25) is 9.59 Å². The van der Waals surface area contributed by atoms with Crippen molar-refractivity contribution < 1.29 is 18.0 Å². The molecule has 0 aliphatic carbocycles. The fraction of sp³-hybridized carbons (Fsp3) is 0.429. The van der Waals surface area contributed by atoms with Gasteiger partial charge >= 0.3 is 0 Å². The van der Waals surface area contributed by atoms with Crippen molar-refractivity contribution in [1.29, 1.82) is 0 Å². The van der Waals surface area contributed by atoms with E-state index in [1.807, 2.05) is 19.2 Å². The van der Waals surface area contributed by atoms with Gasteiger partial charge in [0.05, 0.1) is 4.90 Å². The van der Waals surface area contributed by atoms with Gasteiger partial charge in [0.25, 0.3) is 5.91 Å². The van der Waals surface area contributed by atoms with Gasteiger partial charge in [0.2, 0.25) is 15.9 Å². The van der Waals surface area contributed by atoms with Crippen molar-refractivity contribution in [3.8, 4) is 0 Å². The number of benzene rings is 1. The second-order valence-electron chi connectivity index (χ2n) is 7.55. The Hall–Kier alpha value is -2.23. The van der Waals surface area contributed by atoms with Crippen molar-refractivity contribution in [2.75, 3.05) is 11.9 Å². The zero-order chi connectivity index (χ0) is 21.7. The zero-order valence-corrected chi connectivity index (χ0v) is 18.8. The molecule has 2 amide bonds. The van der Waals surface area contributed by atoms with Crippen molar-refractivity contribution in [2.45, 2.75) is 56.5 Å². The van der Waals surface area contributed by atoms with Gasteiger partial charge in [-0.1, -0.05) is 6.42 Å². The minimum atomic E-state index is -3.58. The van der Waals surface area contributed by atoms with Crippen LogP contribution >= 0.6 is 11.3 Å². The SMILES string of the molecule is C[C@@H]1CCC[C@H](C)N1S(=O)(=O)c1ccc(NC(=O)CCNC(=O)c2ccsc2)cc1. The zero-order valence-electron chi connectivity index (χ0n) is 17.1. The summed E-state index contributed by atoms with van der Waals surface area (Å²) in [4.78, 5) is 24.2. The standard InChI is InChI=1S/C21H27N3O4S2/c1-15-4-3-5-16(2)24(15)30(27,28)19-8-6-18(7-9-19)23-20(25)10-12-22-21(26)17-11-13-29-14-17/h6-9,11,13-16H,3-5,10,12H2,1-2H3,(H,22,26)(H,23,25)/t15-,16+. The van der Waals surface area contributed by atoms with Crippen molar-refractivity contribution in [3.05, 3.63) is 46.7 Å². The molecule has 30 heavy (non-hydrogen) atoms. The highest BCUT2D eigenvalue weighted by Crippen LogP contribution is 2.29. The molecule has 2 aromatic rings. The highest BCUT2D eigenvalue weighted by molar-refractivity contribution is 7.89. The molecule has 3 rings (SSSR count). The maximum Gasteiger partial charge on any atom is 0.252 e. The van der Waals surface area contributed by atoms with E-state index in [1.54, 1.807) is 27.9 Å². The number of carbonyl (C=O) groups excluding carboxylic acids is 2. The first kappa shape index (κ1) is 22.5. The summed E-state index contributed by atoms with van der Waals surface area (Å²) in [5, 5.41) is 8.99. The summed E-state index contributed by atoms with van der Waals surface area (Å²) in [6.07, 6.45) is 2.88. The Morgan fingerprint density at radius 1 is 1.10 bits per heavy atom. The van der Waals surface area contributed by atoms with E-state index in [1.165, 1.54) is 23.5 Å². The van der Waals surface area contributed by atoms with Crippen LogP contribution in [0.2, 0.25) is 0 Å². The molecule has 1 saturated heterocycles. The van der Waals surface area contributed by atoms with Crippen LogP contribution in [-0.4, -0.2) is 43.2 Å². The summed E-state index contributed by atoms with van der Waals surface area (Å²) in [5.41, 5.74) is 1.09. The predicted octanol–water partition coefficient (Wildman–Crippen LogP) is 3.46. The lowest BCUT2D eigenvalue weighted by Gasteiger charge is -2.37. The number of nitrogens with one attached hydrogen (secondary N) is 2. The molecule has 0 spiro atoms. The number of carbonyl (C=O) groups is 2. The van der Waals surface area contributed by atoms with Crippen molar-refractivity contribution >= 4 is 38.9 Å². The van der Waals surface area contributed by atoms with Crippen molar-refractivity contribution in [2.24, 2.45) is 0 Å². The van der Waals surface area contributed by atoms with Crippen LogP contribution in [0, 0.1) is 0 Å². The summed E-state index contributed by atoms with van der Waals surface area (Å²) < 4.78 is 27.7. The molecule has 1 aromatic carbocycles. The molecule has 2 N–H and O–H groups in total. The van der Waals surface area contributed by atoms with Crippen molar-refractivity contribution in [3.63, 3.8) is 0 Å². The molecule has 2 heterocycles. The Morgan fingerprint density at radius 2 is 1.77 bits per heavy atom. The van der Waals surface area contributed by atoms with Crippen LogP contribution in [-0.2, 0) is 14.8 Å². The number of anilines is 1. The minimum Gasteiger partial charge on any atom is -0.351 e. The lowest BCUT2D eigenvalue weighted by molar-refractivity contribution is -0.116. The number of rotatable bonds is 7. The fourth-order valence-corrected chi connectivity index (χ4v) is 6.23. The van der Waals surface area contributed by atoms with Crippen LogP contribution in [0.25, 0.3) is 0 Å². The molecule has 1 fully saturated rings. The average molecular weight is 450 g/mol. The Morgan fingerprint density at radius 3 is 2.37 bits per heavy atom. The fourth-order valence-electron chi connectivity index (χ4n) is 3.71. The Labute approximate surface area is 181 Å². The Balaban J connectivity index is 1.55. The summed E-state index contributed by atoms with van der Waals surface area (Å²) >= 11 is 1.44. The molecule has 0 bridgehead atoms. The van der Waals surface area contributed by atoms with Crippen LogP contribution in [0.4, 0.5) is 5.69 Å². The van der Waals surface area contributed by atoms with Crippen LogP contribution in [0.5, 0.6) is 0 Å². The Kier molecular flexibility index (Phi) is 7.27. The first-order valence-corrected chi connectivity index (χ1v) is 12.4. The number of piperidine rings is 1. The molecular weight excluding hydrogens is 422 g/mol. The van der Waals surface area contributed by atoms with Crippen molar-refractivity contribution in [1.82, 2.24) is 9.62 Å². The molecule has 9 heteroatoms. The number of hydrogen-bond acceptors (Lipinski definition) is 5. The first-order valence-electron chi connectivity index (χ1n) is 10.0. The summed E-state index contributed by atoms with van der Waals surface area (Å²) in [6.45, 7) is 4.11. The topological polar surface area (TPSA) is 95.6 Å². The van der Waals surface area contributed by atoms with E-state index in [9.17, 15) is 18.0 Å². The normalized spacial score (nSPS) is 19.9. The molecule has 1 aliphatic heterocycles. The van der Waals surface area contributed by atoms with Gasteiger partial charge in [0.15, 0.2) is 0 Å². The van der Waals surface area contributed by atoms with Gasteiger partial charge in [-0.15, -0.1) is 0 Å². The predicted molar refractivity (Wildman–Crippen MR) is 118 cm³/mol. The molecule has 0 unspecified atom stereocenters. The van der Waals surface area contributed by atoms with Gasteiger partial charge in [0, 0.05) is 41.7 Å². The van der Waals surface area contributed by atoms with E-state index in [0.717, 1.165) is 19.3 Å². The monoisotopic (exact) mass is 449 g/mol. The second kappa shape index (κ2) is 9.72. The van der Waals surface area contributed by atoms with Gasteiger partial charge in [-0.2, -0.15) is 15.6 Å². The van der Waals surface area contributed by atoms with E-state index in [-0.39, 0.29) is 41.8 Å². The molecule has 162 valence electrons. The molecule has 1 aliphatic rings. The maximum atomic E-state index is 13.0. The molecule has 2 atom stereocenters. The van der Waals surface area contributed by atoms with E-state index in [2.05, 4.69) is 10.6 Å². The van der Waals surface area contributed by atoms with Gasteiger partial charge < -0.3 is 10.6 Å². The number of amides is 2. The quantitative estimate of drug-likeness (QED) is 0.677. The molecule has 0 saturated carbocycles. The number of hydrogen-bond donors (Lipinski definition) is 2. The third-order valence-electron chi connectivity index (χ3n) is 5.25. The lowest BCUT2D eigenvalue weighted by Crippen LogP contribution is -2.47. The third kappa shape index (κ3) is 5.27. The minimum absolute atomic E-state index is 0.0255. The molecule has 7 nitrogen and oxygen atoms in total. The number of thiophene rings is 1.